The SMILES string of the molecule is C=C(C)C(=O)Nc1c(F)c(F)c(S(=O)(=O)[O-])c(F)c1F. The summed E-state index contributed by atoms with van der Waals surface area (Å²) in [7, 11) is -5.78. The lowest BCUT2D eigenvalue weighted by atomic mass is 10.2. The topological polar surface area (TPSA) is 86.3 Å². The summed E-state index contributed by atoms with van der Waals surface area (Å²) >= 11 is 0. The minimum Gasteiger partial charge on any atom is -0.744 e. The van der Waals surface area contributed by atoms with Gasteiger partial charge in [-0.05, 0) is 6.92 Å². The van der Waals surface area contributed by atoms with Crippen LogP contribution in [0.2, 0.25) is 0 Å². The van der Waals surface area contributed by atoms with Crippen LogP contribution in [0, 0.1) is 23.3 Å². The molecular formula is C10H6F4NO4S-. The predicted molar refractivity (Wildman–Crippen MR) is 57.7 cm³/mol. The molecule has 0 saturated carbocycles. The van der Waals surface area contributed by atoms with E-state index in [4.69, 9.17) is 0 Å². The number of rotatable bonds is 3. The predicted octanol–water partition coefficient (Wildman–Crippen LogP) is 1.66. The number of carbonyl (C=O) groups excluding carboxylic acids is 1. The van der Waals surface area contributed by atoms with E-state index in [1.807, 2.05) is 0 Å². The highest BCUT2D eigenvalue weighted by Gasteiger charge is 2.29. The van der Waals surface area contributed by atoms with E-state index in [0.717, 1.165) is 6.92 Å². The van der Waals surface area contributed by atoms with Crippen LogP contribution in [0.1, 0.15) is 6.92 Å². The Kier molecular flexibility index (Phi) is 4.20. The summed E-state index contributed by atoms with van der Waals surface area (Å²) in [4.78, 5) is 8.86. The second-order valence-electron chi connectivity index (χ2n) is 3.65. The molecule has 0 fully saturated rings. The van der Waals surface area contributed by atoms with E-state index in [9.17, 15) is 35.3 Å². The van der Waals surface area contributed by atoms with Gasteiger partial charge in [-0.3, -0.25) is 4.79 Å². The number of benzene rings is 1. The molecule has 1 N–H and O–H groups in total. The molecular weight excluding hydrogens is 306 g/mol. The summed E-state index contributed by atoms with van der Waals surface area (Å²) in [5.41, 5.74) is -1.79. The Morgan fingerprint density at radius 3 is 1.80 bits per heavy atom. The molecule has 1 amide bonds. The van der Waals surface area contributed by atoms with Crippen molar-refractivity contribution in [2.75, 3.05) is 5.32 Å². The van der Waals surface area contributed by atoms with Crippen LogP contribution in [0.3, 0.4) is 0 Å². The zero-order chi connectivity index (χ0) is 15.8. The number of nitrogens with one attached hydrogen (secondary N) is 1. The van der Waals surface area contributed by atoms with Crippen molar-refractivity contribution in [2.45, 2.75) is 11.8 Å². The van der Waals surface area contributed by atoms with Crippen LogP contribution in [0.25, 0.3) is 0 Å². The van der Waals surface area contributed by atoms with Crippen LogP contribution in [0.15, 0.2) is 17.0 Å². The molecule has 5 nitrogen and oxygen atoms in total. The van der Waals surface area contributed by atoms with Gasteiger partial charge < -0.3 is 9.87 Å². The Morgan fingerprint density at radius 1 is 1.10 bits per heavy atom. The fourth-order valence-electron chi connectivity index (χ4n) is 1.16. The standard InChI is InChI=1S/C10H7F4NO4S/c1-3(2)10(16)15-8-4(11)6(13)9(20(17,18)19)7(14)5(8)12/h1H2,2H3,(H,15,16)(H,17,18,19)/p-1. The van der Waals surface area contributed by atoms with Gasteiger partial charge in [0.2, 0.25) is 0 Å². The Morgan fingerprint density at radius 2 is 1.50 bits per heavy atom. The van der Waals surface area contributed by atoms with E-state index in [0.29, 0.717) is 0 Å². The van der Waals surface area contributed by atoms with Gasteiger partial charge in [0, 0.05) is 5.57 Å². The maximum Gasteiger partial charge on any atom is 0.250 e. The first-order valence-electron chi connectivity index (χ1n) is 4.77. The third-order valence-electron chi connectivity index (χ3n) is 2.10. The van der Waals surface area contributed by atoms with Gasteiger partial charge >= 0.3 is 0 Å². The van der Waals surface area contributed by atoms with Gasteiger partial charge in [-0.25, -0.2) is 26.0 Å². The molecule has 1 rings (SSSR count). The van der Waals surface area contributed by atoms with Crippen LogP contribution in [-0.2, 0) is 14.9 Å². The van der Waals surface area contributed by atoms with Crippen molar-refractivity contribution in [3.63, 3.8) is 0 Å². The zero-order valence-electron chi connectivity index (χ0n) is 9.76. The minimum absolute atomic E-state index is 0.231. The summed E-state index contributed by atoms with van der Waals surface area (Å²) < 4.78 is 85.1. The Hall–Kier alpha value is -1.94. The van der Waals surface area contributed by atoms with Gasteiger partial charge in [-0.15, -0.1) is 0 Å². The minimum atomic E-state index is -5.78. The van der Waals surface area contributed by atoms with E-state index >= 15 is 0 Å². The molecule has 110 valence electrons. The molecule has 0 aliphatic carbocycles. The number of amides is 1. The number of hydrogen-bond acceptors (Lipinski definition) is 4. The van der Waals surface area contributed by atoms with E-state index in [2.05, 4.69) is 6.58 Å². The first kappa shape index (κ1) is 16.1. The molecule has 0 aliphatic heterocycles. The highest BCUT2D eigenvalue weighted by atomic mass is 32.2. The summed E-state index contributed by atoms with van der Waals surface area (Å²) in [5.74, 6) is -10.4. The number of hydrogen-bond donors (Lipinski definition) is 1. The lowest BCUT2D eigenvalue weighted by molar-refractivity contribution is -0.112. The molecule has 0 unspecified atom stereocenters. The van der Waals surface area contributed by atoms with Crippen molar-refractivity contribution in [3.8, 4) is 0 Å². The monoisotopic (exact) mass is 312 g/mol. The van der Waals surface area contributed by atoms with Crippen molar-refractivity contribution in [1.82, 2.24) is 0 Å². The first-order chi connectivity index (χ1) is 8.98. The van der Waals surface area contributed by atoms with Gasteiger partial charge in [0.15, 0.2) is 23.3 Å². The van der Waals surface area contributed by atoms with Gasteiger partial charge in [0.1, 0.15) is 20.7 Å². The fraction of sp³-hybridized carbons (Fsp3) is 0.100. The highest BCUT2D eigenvalue weighted by molar-refractivity contribution is 7.85. The number of anilines is 1. The molecule has 20 heavy (non-hydrogen) atoms. The van der Waals surface area contributed by atoms with Crippen molar-refractivity contribution in [1.29, 1.82) is 0 Å². The zero-order valence-corrected chi connectivity index (χ0v) is 10.6. The van der Waals surface area contributed by atoms with Gasteiger partial charge in [-0.1, -0.05) is 6.58 Å². The van der Waals surface area contributed by atoms with E-state index in [1.54, 1.807) is 0 Å². The lowest BCUT2D eigenvalue weighted by Crippen LogP contribution is -2.18. The van der Waals surface area contributed by atoms with Gasteiger partial charge in [-0.2, -0.15) is 0 Å². The molecule has 0 atom stereocenters. The normalized spacial score (nSPS) is 11.3. The molecule has 10 heteroatoms. The molecule has 0 spiro atoms. The Balaban J connectivity index is 3.61. The maximum atomic E-state index is 13.4. The summed E-state index contributed by atoms with van der Waals surface area (Å²) in [5, 5.41) is 1.47. The second-order valence-corrected chi connectivity index (χ2v) is 4.97. The van der Waals surface area contributed by atoms with E-state index in [-0.39, 0.29) is 5.57 Å². The smallest absolute Gasteiger partial charge is 0.250 e. The Bertz CT molecular complexity index is 685. The molecule has 0 radical (unpaired) electrons. The van der Waals surface area contributed by atoms with Crippen molar-refractivity contribution in [2.24, 2.45) is 0 Å². The number of halogens is 4. The summed E-state index contributed by atoms with van der Waals surface area (Å²) in [6, 6.07) is 0. The third-order valence-corrected chi connectivity index (χ3v) is 2.96. The molecule has 0 heterocycles. The van der Waals surface area contributed by atoms with E-state index < -0.39 is 49.9 Å². The average molecular weight is 312 g/mol. The molecule has 1 aromatic carbocycles. The first-order valence-corrected chi connectivity index (χ1v) is 6.18. The molecule has 0 bridgehead atoms. The van der Waals surface area contributed by atoms with E-state index in [1.165, 1.54) is 5.32 Å². The third kappa shape index (κ3) is 2.80. The van der Waals surface area contributed by atoms with Crippen molar-refractivity contribution >= 4 is 21.7 Å². The fourth-order valence-corrected chi connectivity index (χ4v) is 1.78. The van der Waals surface area contributed by atoms with Gasteiger partial charge in [0.25, 0.3) is 5.91 Å². The number of carbonyl (C=O) groups is 1. The van der Waals surface area contributed by atoms with Crippen molar-refractivity contribution in [3.05, 3.63) is 35.4 Å². The average Bonchev–Trinajstić information content (AvgIpc) is 2.30. The maximum absolute atomic E-state index is 13.4. The molecule has 0 aliphatic rings. The summed E-state index contributed by atoms with van der Waals surface area (Å²) in [6.07, 6.45) is 0. The quantitative estimate of drug-likeness (QED) is 0.398. The van der Waals surface area contributed by atoms with Crippen LogP contribution < -0.4 is 5.32 Å². The summed E-state index contributed by atoms with van der Waals surface area (Å²) in [6.45, 7) is 4.27. The van der Waals surface area contributed by atoms with Crippen LogP contribution >= 0.6 is 0 Å². The van der Waals surface area contributed by atoms with Crippen LogP contribution in [0.5, 0.6) is 0 Å². The highest BCUT2D eigenvalue weighted by Crippen LogP contribution is 2.30. The largest absolute Gasteiger partial charge is 0.744 e. The molecule has 0 saturated heterocycles. The van der Waals surface area contributed by atoms with Crippen LogP contribution in [-0.4, -0.2) is 18.9 Å². The van der Waals surface area contributed by atoms with Crippen molar-refractivity contribution < 1.29 is 35.3 Å². The lowest BCUT2D eigenvalue weighted by Gasteiger charge is -2.14. The molecule has 1 aromatic rings. The Labute approximate surface area is 110 Å². The van der Waals surface area contributed by atoms with Gasteiger partial charge in [0.05, 0.1) is 0 Å². The second kappa shape index (κ2) is 5.21. The molecule has 0 aromatic heterocycles. The van der Waals surface area contributed by atoms with Crippen LogP contribution in [0.4, 0.5) is 23.2 Å².